The molecule has 0 unspecified atom stereocenters. The summed E-state index contributed by atoms with van der Waals surface area (Å²) in [4.78, 5) is 2.25. The van der Waals surface area contributed by atoms with Gasteiger partial charge < -0.3 is 9.64 Å². The molecule has 0 amide bonds. The number of ether oxygens (including phenoxy) is 1. The predicted octanol–water partition coefficient (Wildman–Crippen LogP) is 2.94. The Hall–Kier alpha value is -0.990. The zero-order valence-corrected chi connectivity index (χ0v) is 9.50. The quantitative estimate of drug-likeness (QED) is 0.765. The molecule has 2 rings (SSSR count). The molecule has 0 atom stereocenters. The van der Waals surface area contributed by atoms with Crippen LogP contribution in [-0.2, 0) is 0 Å². The number of nitrogens with zero attached hydrogens (tertiary/aromatic N) is 1. The molecule has 0 fully saturated rings. The van der Waals surface area contributed by atoms with Gasteiger partial charge in [-0.05, 0) is 31.3 Å². The van der Waals surface area contributed by atoms with Gasteiger partial charge in [-0.2, -0.15) is 0 Å². The summed E-state index contributed by atoms with van der Waals surface area (Å²) in [6.45, 7) is 2.00. The molecular formula is C12H14ClNO. The molecule has 1 aliphatic heterocycles. The molecule has 0 aliphatic carbocycles. The molecule has 0 saturated heterocycles. The summed E-state index contributed by atoms with van der Waals surface area (Å²) in [6.07, 6.45) is 3.08. The number of rotatable bonds is 2. The summed E-state index contributed by atoms with van der Waals surface area (Å²) in [5, 5.41) is 0.709. The summed E-state index contributed by atoms with van der Waals surface area (Å²) in [5.74, 6) is 1.86. The van der Waals surface area contributed by atoms with E-state index in [2.05, 4.69) is 18.0 Å². The number of halogens is 1. The lowest BCUT2D eigenvalue weighted by Gasteiger charge is -2.21. The second kappa shape index (κ2) is 4.69. The largest absolute Gasteiger partial charge is 0.462 e. The first-order chi connectivity index (χ1) is 7.24. The van der Waals surface area contributed by atoms with Crippen molar-refractivity contribution < 1.29 is 4.74 Å². The van der Waals surface area contributed by atoms with E-state index in [1.807, 2.05) is 24.3 Å². The smallest absolute Gasteiger partial charge is 0.128 e. The third kappa shape index (κ3) is 2.98. The molecule has 1 aliphatic rings. The van der Waals surface area contributed by atoms with Gasteiger partial charge in [-0.25, -0.2) is 0 Å². The van der Waals surface area contributed by atoms with E-state index in [0.29, 0.717) is 5.02 Å². The minimum atomic E-state index is 0.709. The second-order valence-corrected chi connectivity index (χ2v) is 4.18. The van der Waals surface area contributed by atoms with E-state index in [1.165, 1.54) is 0 Å². The van der Waals surface area contributed by atoms with Crippen LogP contribution in [0.5, 0.6) is 5.75 Å². The van der Waals surface area contributed by atoms with E-state index in [1.54, 1.807) is 0 Å². The fraction of sp³-hybridized carbons (Fsp3) is 0.333. The molecule has 0 N–H and O–H groups in total. The van der Waals surface area contributed by atoms with Crippen molar-refractivity contribution in [3.8, 4) is 5.75 Å². The topological polar surface area (TPSA) is 12.5 Å². The number of hydrogen-bond acceptors (Lipinski definition) is 2. The Morgan fingerprint density at radius 3 is 2.93 bits per heavy atom. The van der Waals surface area contributed by atoms with E-state index in [0.717, 1.165) is 31.0 Å². The fourth-order valence-corrected chi connectivity index (χ4v) is 1.71. The van der Waals surface area contributed by atoms with Crippen LogP contribution >= 0.6 is 11.6 Å². The van der Waals surface area contributed by atoms with Crippen molar-refractivity contribution in [1.29, 1.82) is 0 Å². The summed E-state index contributed by atoms with van der Waals surface area (Å²) >= 11 is 5.88. The Kier molecular flexibility index (Phi) is 3.29. The molecule has 0 aromatic heterocycles. The first kappa shape index (κ1) is 10.5. The van der Waals surface area contributed by atoms with Crippen LogP contribution in [-0.4, -0.2) is 25.0 Å². The van der Waals surface area contributed by atoms with Gasteiger partial charge in [0.15, 0.2) is 0 Å². The SMILES string of the molecule is CN1CC=C(Oc2cccc(Cl)c2)CC1. The molecule has 0 saturated carbocycles. The van der Waals surface area contributed by atoms with E-state index in [4.69, 9.17) is 16.3 Å². The fourth-order valence-electron chi connectivity index (χ4n) is 1.53. The van der Waals surface area contributed by atoms with Crippen LogP contribution in [0.2, 0.25) is 5.02 Å². The van der Waals surface area contributed by atoms with Gasteiger partial charge >= 0.3 is 0 Å². The van der Waals surface area contributed by atoms with Gasteiger partial charge in [-0.3, -0.25) is 0 Å². The van der Waals surface area contributed by atoms with Crippen molar-refractivity contribution in [3.05, 3.63) is 41.1 Å². The Balaban J connectivity index is 2.03. The monoisotopic (exact) mass is 223 g/mol. The van der Waals surface area contributed by atoms with Gasteiger partial charge in [0.25, 0.3) is 0 Å². The maximum absolute atomic E-state index is 5.88. The summed E-state index contributed by atoms with van der Waals surface area (Å²) < 4.78 is 5.73. The van der Waals surface area contributed by atoms with Crippen molar-refractivity contribution in [3.63, 3.8) is 0 Å². The van der Waals surface area contributed by atoms with Crippen LogP contribution in [0.1, 0.15) is 6.42 Å². The third-order valence-corrected chi connectivity index (χ3v) is 2.65. The highest BCUT2D eigenvalue weighted by Gasteiger charge is 2.09. The van der Waals surface area contributed by atoms with Gasteiger partial charge in [0.2, 0.25) is 0 Å². The van der Waals surface area contributed by atoms with Crippen molar-refractivity contribution in [2.75, 3.05) is 20.1 Å². The Labute approximate surface area is 95.1 Å². The molecule has 1 aromatic carbocycles. The van der Waals surface area contributed by atoms with Gasteiger partial charge in [0, 0.05) is 24.5 Å². The molecular weight excluding hydrogens is 210 g/mol. The highest BCUT2D eigenvalue weighted by Crippen LogP contribution is 2.21. The van der Waals surface area contributed by atoms with Crippen molar-refractivity contribution in [1.82, 2.24) is 4.90 Å². The molecule has 0 radical (unpaired) electrons. The molecule has 3 heteroatoms. The van der Waals surface area contributed by atoms with E-state index in [9.17, 15) is 0 Å². The molecule has 1 aromatic rings. The van der Waals surface area contributed by atoms with Crippen LogP contribution in [0.3, 0.4) is 0 Å². The normalized spacial score (nSPS) is 17.3. The van der Waals surface area contributed by atoms with Gasteiger partial charge in [-0.15, -0.1) is 0 Å². The molecule has 1 heterocycles. The Morgan fingerprint density at radius 2 is 2.27 bits per heavy atom. The van der Waals surface area contributed by atoms with Gasteiger partial charge in [0.05, 0.1) is 0 Å². The van der Waals surface area contributed by atoms with Crippen LogP contribution < -0.4 is 4.74 Å². The highest BCUT2D eigenvalue weighted by atomic mass is 35.5. The zero-order chi connectivity index (χ0) is 10.7. The first-order valence-electron chi connectivity index (χ1n) is 5.05. The Bertz CT molecular complexity index is 376. The van der Waals surface area contributed by atoms with Crippen LogP contribution in [0.25, 0.3) is 0 Å². The molecule has 80 valence electrons. The minimum Gasteiger partial charge on any atom is -0.462 e. The summed E-state index contributed by atoms with van der Waals surface area (Å²) in [7, 11) is 2.10. The van der Waals surface area contributed by atoms with Crippen molar-refractivity contribution >= 4 is 11.6 Å². The average molecular weight is 224 g/mol. The van der Waals surface area contributed by atoms with Crippen molar-refractivity contribution in [2.24, 2.45) is 0 Å². The second-order valence-electron chi connectivity index (χ2n) is 3.74. The van der Waals surface area contributed by atoms with Gasteiger partial charge in [-0.1, -0.05) is 17.7 Å². The number of hydrogen-bond donors (Lipinski definition) is 0. The lowest BCUT2D eigenvalue weighted by molar-refractivity contribution is 0.302. The highest BCUT2D eigenvalue weighted by molar-refractivity contribution is 6.30. The van der Waals surface area contributed by atoms with E-state index in [-0.39, 0.29) is 0 Å². The van der Waals surface area contributed by atoms with Crippen molar-refractivity contribution in [2.45, 2.75) is 6.42 Å². The molecule has 0 spiro atoms. The van der Waals surface area contributed by atoms with E-state index < -0.39 is 0 Å². The molecule has 0 bridgehead atoms. The minimum absolute atomic E-state index is 0.709. The first-order valence-corrected chi connectivity index (χ1v) is 5.43. The lowest BCUT2D eigenvalue weighted by atomic mass is 10.2. The number of likely N-dealkylation sites (N-methyl/N-ethyl adjacent to an activating group) is 1. The zero-order valence-electron chi connectivity index (χ0n) is 8.74. The standard InChI is InChI=1S/C12H14ClNO/c1-14-7-5-11(6-8-14)15-12-4-2-3-10(13)9-12/h2-5,9H,6-8H2,1H3. The van der Waals surface area contributed by atoms with Crippen LogP contribution in [0.4, 0.5) is 0 Å². The third-order valence-electron chi connectivity index (χ3n) is 2.42. The summed E-state index contributed by atoms with van der Waals surface area (Å²) in [5.41, 5.74) is 0. The van der Waals surface area contributed by atoms with Crippen LogP contribution in [0, 0.1) is 0 Å². The summed E-state index contributed by atoms with van der Waals surface area (Å²) in [6, 6.07) is 7.50. The maximum atomic E-state index is 5.88. The predicted molar refractivity (Wildman–Crippen MR) is 62.3 cm³/mol. The molecule has 15 heavy (non-hydrogen) atoms. The average Bonchev–Trinajstić information content (AvgIpc) is 2.22. The molecule has 2 nitrogen and oxygen atoms in total. The van der Waals surface area contributed by atoms with E-state index >= 15 is 0 Å². The van der Waals surface area contributed by atoms with Gasteiger partial charge in [0.1, 0.15) is 11.5 Å². The van der Waals surface area contributed by atoms with Crippen LogP contribution in [0.15, 0.2) is 36.1 Å². The lowest BCUT2D eigenvalue weighted by Crippen LogP contribution is -2.25. The maximum Gasteiger partial charge on any atom is 0.128 e. The Morgan fingerprint density at radius 1 is 1.40 bits per heavy atom. The number of benzene rings is 1.